The van der Waals surface area contributed by atoms with Gasteiger partial charge in [-0.25, -0.2) is 0 Å². The molecule has 1 aromatic heterocycles. The van der Waals surface area contributed by atoms with Crippen LogP contribution in [0.3, 0.4) is 0 Å². The van der Waals surface area contributed by atoms with E-state index in [-0.39, 0.29) is 5.78 Å². The Bertz CT molecular complexity index is 1440. The lowest BCUT2D eigenvalue weighted by Gasteiger charge is -2.26. The summed E-state index contributed by atoms with van der Waals surface area (Å²) in [6, 6.07) is 21.3. The Morgan fingerprint density at radius 3 is 2.35 bits per heavy atom. The van der Waals surface area contributed by atoms with Crippen molar-refractivity contribution in [1.29, 1.82) is 0 Å². The molecule has 1 aliphatic carbocycles. The number of benzene rings is 3. The highest BCUT2D eigenvalue weighted by Crippen LogP contribution is 2.37. The molecule has 7 heteroatoms. The van der Waals surface area contributed by atoms with Crippen molar-refractivity contribution in [2.75, 3.05) is 39.5 Å². The maximum atomic E-state index is 13.8. The smallest absolute Gasteiger partial charge is 0.195 e. The summed E-state index contributed by atoms with van der Waals surface area (Å²) in [5.74, 6) is 2.18. The number of ether oxygens (including phenoxy) is 3. The minimum absolute atomic E-state index is 0.00394. The molecule has 2 fully saturated rings. The van der Waals surface area contributed by atoms with Gasteiger partial charge in [-0.1, -0.05) is 24.4 Å². The monoisotopic (exact) mass is 558 g/mol. The molecule has 0 radical (unpaired) electrons. The first-order chi connectivity index (χ1) is 19.6. The zero-order chi connectivity index (χ0) is 27.3. The topological polar surface area (TPSA) is 52.9 Å². The van der Waals surface area contributed by atoms with E-state index in [2.05, 4.69) is 15.5 Å². The van der Waals surface area contributed by atoms with Gasteiger partial charge < -0.3 is 18.8 Å². The van der Waals surface area contributed by atoms with E-state index in [4.69, 9.17) is 25.8 Å². The second kappa shape index (κ2) is 12.5. The zero-order valence-electron chi connectivity index (χ0n) is 22.7. The fraction of sp³-hybridized carbons (Fsp3) is 0.364. The van der Waals surface area contributed by atoms with Gasteiger partial charge in [-0.3, -0.25) is 9.69 Å². The third-order valence-electron chi connectivity index (χ3n) is 7.92. The molecule has 6 nitrogen and oxygen atoms in total. The Kier molecular flexibility index (Phi) is 8.37. The number of halogens is 1. The van der Waals surface area contributed by atoms with E-state index < -0.39 is 0 Å². The van der Waals surface area contributed by atoms with Crippen LogP contribution in [0, 0.1) is 0 Å². The predicted octanol–water partition coefficient (Wildman–Crippen LogP) is 7.53. The van der Waals surface area contributed by atoms with Crippen LogP contribution in [0.5, 0.6) is 17.2 Å². The molecule has 40 heavy (non-hydrogen) atoms. The maximum Gasteiger partial charge on any atom is 0.195 e. The highest BCUT2D eigenvalue weighted by molar-refractivity contribution is 6.30. The van der Waals surface area contributed by atoms with E-state index in [1.54, 1.807) is 12.1 Å². The van der Waals surface area contributed by atoms with Crippen LogP contribution < -0.4 is 9.47 Å². The molecule has 0 amide bonds. The third kappa shape index (κ3) is 6.20. The normalized spacial score (nSPS) is 16.4. The second-order valence-corrected chi connectivity index (χ2v) is 11.1. The van der Waals surface area contributed by atoms with Crippen molar-refractivity contribution >= 4 is 28.3 Å². The standard InChI is InChI=1S/C33H35ClN2O4/c34-25-8-12-28(13-9-25)40-29-14-15-32-30(22-29)31(23-36(32)26-4-1-2-5-26)33(37)24-6-10-27(11-7-24)39-19-3-16-35-17-20-38-21-18-35/h6-15,22-23,26H,1-5,16-21H2. The van der Waals surface area contributed by atoms with E-state index in [1.807, 2.05) is 54.7 Å². The number of nitrogens with zero attached hydrogens (tertiary/aromatic N) is 2. The number of hydrogen-bond donors (Lipinski definition) is 0. The van der Waals surface area contributed by atoms with Crippen LogP contribution in [0.15, 0.2) is 72.9 Å². The Balaban J connectivity index is 1.19. The van der Waals surface area contributed by atoms with Gasteiger partial charge in [0.05, 0.1) is 19.8 Å². The van der Waals surface area contributed by atoms with Crippen molar-refractivity contribution in [1.82, 2.24) is 9.47 Å². The fourth-order valence-electron chi connectivity index (χ4n) is 5.76. The predicted molar refractivity (Wildman–Crippen MR) is 158 cm³/mol. The molecule has 0 unspecified atom stereocenters. The largest absolute Gasteiger partial charge is 0.494 e. The van der Waals surface area contributed by atoms with Gasteiger partial charge in [0.2, 0.25) is 0 Å². The molecule has 0 atom stereocenters. The molecule has 6 rings (SSSR count). The van der Waals surface area contributed by atoms with Crippen molar-refractivity contribution in [2.24, 2.45) is 0 Å². The number of morpholine rings is 1. The number of carbonyl (C=O) groups excluding carboxylic acids is 1. The van der Waals surface area contributed by atoms with E-state index >= 15 is 0 Å². The molecule has 1 saturated carbocycles. The summed E-state index contributed by atoms with van der Waals surface area (Å²) in [5.41, 5.74) is 2.41. The minimum Gasteiger partial charge on any atom is -0.494 e. The number of fused-ring (bicyclic) bond motifs is 1. The van der Waals surface area contributed by atoms with Gasteiger partial charge in [-0.15, -0.1) is 0 Å². The van der Waals surface area contributed by atoms with Gasteiger partial charge >= 0.3 is 0 Å². The van der Waals surface area contributed by atoms with Gasteiger partial charge in [0, 0.05) is 58.9 Å². The lowest BCUT2D eigenvalue weighted by atomic mass is 10.0. The van der Waals surface area contributed by atoms with E-state index in [0.29, 0.717) is 40.3 Å². The van der Waals surface area contributed by atoms with Crippen molar-refractivity contribution in [3.63, 3.8) is 0 Å². The molecule has 0 bridgehead atoms. The summed E-state index contributed by atoms with van der Waals surface area (Å²) in [6.07, 6.45) is 7.72. The van der Waals surface area contributed by atoms with Crippen LogP contribution in [-0.2, 0) is 4.74 Å². The molecule has 4 aromatic rings. The molecule has 1 aliphatic heterocycles. The molecule has 208 valence electrons. The number of hydrogen-bond acceptors (Lipinski definition) is 5. The number of aromatic nitrogens is 1. The molecule has 0 N–H and O–H groups in total. The summed E-state index contributed by atoms with van der Waals surface area (Å²) in [5, 5.41) is 1.57. The average Bonchev–Trinajstić information content (AvgIpc) is 3.65. The van der Waals surface area contributed by atoms with Gasteiger partial charge in [-0.05, 0) is 86.0 Å². The van der Waals surface area contributed by atoms with Crippen LogP contribution in [0.1, 0.15) is 54.1 Å². The summed E-state index contributed by atoms with van der Waals surface area (Å²) < 4.78 is 19.8. The fourth-order valence-corrected chi connectivity index (χ4v) is 5.89. The summed E-state index contributed by atoms with van der Waals surface area (Å²) in [6.45, 7) is 5.26. The molecular formula is C33H35ClN2O4. The highest BCUT2D eigenvalue weighted by atomic mass is 35.5. The Morgan fingerprint density at radius 1 is 0.900 bits per heavy atom. The first-order valence-corrected chi connectivity index (χ1v) is 14.7. The van der Waals surface area contributed by atoms with Crippen molar-refractivity contribution in [2.45, 2.75) is 38.1 Å². The third-order valence-corrected chi connectivity index (χ3v) is 8.18. The molecule has 2 heterocycles. The summed E-state index contributed by atoms with van der Waals surface area (Å²) >= 11 is 6.03. The summed E-state index contributed by atoms with van der Waals surface area (Å²) in [7, 11) is 0. The van der Waals surface area contributed by atoms with Gasteiger partial charge in [0.25, 0.3) is 0 Å². The lowest BCUT2D eigenvalue weighted by molar-refractivity contribution is 0.0358. The second-order valence-electron chi connectivity index (χ2n) is 10.6. The summed E-state index contributed by atoms with van der Waals surface area (Å²) in [4.78, 5) is 16.2. The number of rotatable bonds is 10. The van der Waals surface area contributed by atoms with Crippen LogP contribution in [-0.4, -0.2) is 54.7 Å². The molecule has 1 saturated heterocycles. The van der Waals surface area contributed by atoms with Crippen LogP contribution in [0.2, 0.25) is 5.02 Å². The quantitative estimate of drug-likeness (QED) is 0.149. The van der Waals surface area contributed by atoms with E-state index in [0.717, 1.165) is 68.8 Å². The SMILES string of the molecule is O=C(c1ccc(OCCCN2CCOCC2)cc1)c1cn(C2CCCC2)c2ccc(Oc3ccc(Cl)cc3)cc12. The van der Waals surface area contributed by atoms with Crippen molar-refractivity contribution in [3.8, 4) is 17.2 Å². The van der Waals surface area contributed by atoms with Gasteiger partial charge in [0.1, 0.15) is 17.2 Å². The molecule has 2 aliphatic rings. The van der Waals surface area contributed by atoms with E-state index in [1.165, 1.54) is 12.8 Å². The number of ketones is 1. The first kappa shape index (κ1) is 26.9. The molecule has 3 aromatic carbocycles. The Hall–Kier alpha value is -3.32. The van der Waals surface area contributed by atoms with Gasteiger partial charge in [-0.2, -0.15) is 0 Å². The van der Waals surface area contributed by atoms with E-state index in [9.17, 15) is 4.79 Å². The maximum absolute atomic E-state index is 13.8. The highest BCUT2D eigenvalue weighted by Gasteiger charge is 2.23. The first-order valence-electron chi connectivity index (χ1n) is 14.3. The average molecular weight is 559 g/mol. The van der Waals surface area contributed by atoms with Crippen LogP contribution in [0.4, 0.5) is 0 Å². The van der Waals surface area contributed by atoms with Crippen molar-refractivity contribution < 1.29 is 19.0 Å². The van der Waals surface area contributed by atoms with Gasteiger partial charge in [0.15, 0.2) is 5.78 Å². The van der Waals surface area contributed by atoms with Crippen LogP contribution >= 0.6 is 11.6 Å². The number of carbonyl (C=O) groups is 1. The molecular weight excluding hydrogens is 524 g/mol. The minimum atomic E-state index is 0.00394. The molecule has 0 spiro atoms. The lowest BCUT2D eigenvalue weighted by Crippen LogP contribution is -2.37. The Morgan fingerprint density at radius 2 is 1.60 bits per heavy atom. The van der Waals surface area contributed by atoms with Crippen LogP contribution in [0.25, 0.3) is 10.9 Å². The zero-order valence-corrected chi connectivity index (χ0v) is 23.4. The Labute approximate surface area is 240 Å². The van der Waals surface area contributed by atoms with Crippen molar-refractivity contribution in [3.05, 3.63) is 89.1 Å².